The van der Waals surface area contributed by atoms with Gasteiger partial charge >= 0.3 is 0 Å². The number of aromatic hydroxyl groups is 1. The zero-order chi connectivity index (χ0) is 19.1. The largest absolute Gasteiger partial charge is 0.508 e. The molecule has 0 spiro atoms. The molecule has 7 nitrogen and oxygen atoms in total. The molecule has 7 heteroatoms. The molecule has 26 heavy (non-hydrogen) atoms. The highest BCUT2D eigenvalue weighted by Crippen LogP contribution is 2.38. The first-order valence-electron chi connectivity index (χ1n) is 8.00. The summed E-state index contributed by atoms with van der Waals surface area (Å²) in [5.41, 5.74) is 4.36. The van der Waals surface area contributed by atoms with Gasteiger partial charge in [0.25, 0.3) is 5.91 Å². The molecule has 0 saturated carbocycles. The highest BCUT2D eigenvalue weighted by molar-refractivity contribution is 6.02. The van der Waals surface area contributed by atoms with Gasteiger partial charge in [-0.25, -0.2) is 5.43 Å². The fourth-order valence-electron chi connectivity index (χ4n) is 2.40. The highest BCUT2D eigenvalue weighted by atomic mass is 16.5. The molecule has 1 amide bonds. The lowest BCUT2D eigenvalue weighted by Gasteiger charge is -2.13. The summed E-state index contributed by atoms with van der Waals surface area (Å²) in [6.45, 7) is 1.93. The van der Waals surface area contributed by atoms with Crippen LogP contribution in [0.5, 0.6) is 23.0 Å². The third-order valence-electron chi connectivity index (χ3n) is 3.75. The molecule has 2 aromatic carbocycles. The number of methoxy groups -OCH3 is 3. The summed E-state index contributed by atoms with van der Waals surface area (Å²) >= 11 is 0. The van der Waals surface area contributed by atoms with E-state index < -0.39 is 5.91 Å². The van der Waals surface area contributed by atoms with Gasteiger partial charge in [0.15, 0.2) is 11.5 Å². The summed E-state index contributed by atoms with van der Waals surface area (Å²) in [6, 6.07) is 9.73. The van der Waals surface area contributed by atoms with Gasteiger partial charge in [0, 0.05) is 5.56 Å². The Kier molecular flexibility index (Phi) is 6.43. The number of hydrogen-bond acceptors (Lipinski definition) is 6. The number of rotatable bonds is 7. The Hall–Kier alpha value is -3.22. The molecule has 0 bridgehead atoms. The monoisotopic (exact) mass is 358 g/mol. The average molecular weight is 358 g/mol. The van der Waals surface area contributed by atoms with Crippen molar-refractivity contribution in [2.75, 3.05) is 21.3 Å². The second kappa shape index (κ2) is 8.75. The summed E-state index contributed by atoms with van der Waals surface area (Å²) in [6.07, 6.45) is 0.611. The Morgan fingerprint density at radius 2 is 1.58 bits per heavy atom. The molecule has 0 unspecified atom stereocenters. The van der Waals surface area contributed by atoms with E-state index in [4.69, 9.17) is 14.2 Å². The number of carbonyl (C=O) groups excluding carboxylic acids is 1. The summed E-state index contributed by atoms with van der Waals surface area (Å²) in [4.78, 5) is 12.5. The van der Waals surface area contributed by atoms with Crippen LogP contribution in [0.4, 0.5) is 0 Å². The molecule has 0 aliphatic rings. The smallest absolute Gasteiger partial charge is 0.271 e. The quantitative estimate of drug-likeness (QED) is 0.587. The highest BCUT2D eigenvalue weighted by Gasteiger charge is 2.17. The molecule has 0 aliphatic carbocycles. The van der Waals surface area contributed by atoms with Gasteiger partial charge in [-0.3, -0.25) is 4.79 Å². The maximum atomic E-state index is 12.5. The molecule has 2 N–H and O–H groups in total. The predicted octanol–water partition coefficient (Wildman–Crippen LogP) is 2.96. The van der Waals surface area contributed by atoms with E-state index in [0.29, 0.717) is 34.9 Å². The molecule has 138 valence electrons. The molecule has 2 rings (SSSR count). The lowest BCUT2D eigenvalue weighted by Crippen LogP contribution is -2.20. The van der Waals surface area contributed by atoms with E-state index in [0.717, 1.165) is 5.56 Å². The van der Waals surface area contributed by atoms with Crippen molar-refractivity contribution in [3.05, 3.63) is 47.5 Å². The van der Waals surface area contributed by atoms with Gasteiger partial charge in [-0.15, -0.1) is 0 Å². The van der Waals surface area contributed by atoms with Gasteiger partial charge in [0.1, 0.15) is 5.75 Å². The van der Waals surface area contributed by atoms with E-state index >= 15 is 0 Å². The van der Waals surface area contributed by atoms with Gasteiger partial charge in [-0.2, -0.15) is 5.10 Å². The van der Waals surface area contributed by atoms with Crippen molar-refractivity contribution < 1.29 is 24.1 Å². The molecule has 0 radical (unpaired) electrons. The molecule has 0 saturated heterocycles. The summed E-state index contributed by atoms with van der Waals surface area (Å²) in [5.74, 6) is 0.943. The van der Waals surface area contributed by atoms with Gasteiger partial charge in [-0.05, 0) is 48.4 Å². The molecule has 0 heterocycles. The van der Waals surface area contributed by atoms with Crippen LogP contribution in [-0.4, -0.2) is 38.1 Å². The van der Waals surface area contributed by atoms with Crippen LogP contribution in [0.25, 0.3) is 0 Å². The summed E-state index contributed by atoms with van der Waals surface area (Å²) in [5, 5.41) is 13.6. The number of benzene rings is 2. The first kappa shape index (κ1) is 19.1. The minimum atomic E-state index is -0.408. The van der Waals surface area contributed by atoms with Crippen LogP contribution in [0.15, 0.2) is 41.5 Å². The number of phenolic OH excluding ortho intramolecular Hbond substituents is 1. The van der Waals surface area contributed by atoms with Gasteiger partial charge in [0.2, 0.25) is 5.75 Å². The lowest BCUT2D eigenvalue weighted by molar-refractivity contribution is 0.0954. The third kappa shape index (κ3) is 4.24. The maximum Gasteiger partial charge on any atom is 0.271 e. The minimum Gasteiger partial charge on any atom is -0.508 e. The molecular formula is C19H22N2O5. The first-order chi connectivity index (χ1) is 12.5. The van der Waals surface area contributed by atoms with Crippen LogP contribution >= 0.6 is 0 Å². The second-order valence-corrected chi connectivity index (χ2v) is 5.31. The molecular weight excluding hydrogens is 336 g/mol. The van der Waals surface area contributed by atoms with Crippen LogP contribution in [0.1, 0.15) is 29.3 Å². The van der Waals surface area contributed by atoms with E-state index in [1.54, 1.807) is 36.4 Å². The van der Waals surface area contributed by atoms with Crippen molar-refractivity contribution in [2.45, 2.75) is 13.3 Å². The van der Waals surface area contributed by atoms with E-state index in [2.05, 4.69) is 10.5 Å². The van der Waals surface area contributed by atoms with E-state index in [1.807, 2.05) is 6.92 Å². The zero-order valence-electron chi connectivity index (χ0n) is 15.2. The summed E-state index contributed by atoms with van der Waals surface area (Å²) < 4.78 is 15.8. The number of ether oxygens (including phenoxy) is 3. The fraction of sp³-hybridized carbons (Fsp3) is 0.263. The average Bonchev–Trinajstić information content (AvgIpc) is 2.68. The lowest BCUT2D eigenvalue weighted by atomic mass is 10.1. The van der Waals surface area contributed by atoms with Crippen molar-refractivity contribution in [3.63, 3.8) is 0 Å². The number of nitrogens with zero attached hydrogens (tertiary/aromatic N) is 1. The SMILES string of the molecule is CCC(=NNC(=O)c1cc(OC)c(OC)c(OC)c1)c1ccc(O)cc1. The van der Waals surface area contributed by atoms with Crippen LogP contribution in [-0.2, 0) is 0 Å². The van der Waals surface area contributed by atoms with Crippen LogP contribution in [0, 0.1) is 0 Å². The number of hydrazone groups is 1. The zero-order valence-corrected chi connectivity index (χ0v) is 15.2. The Morgan fingerprint density at radius 3 is 2.04 bits per heavy atom. The van der Waals surface area contributed by atoms with Gasteiger partial charge < -0.3 is 19.3 Å². The number of hydrogen-bond donors (Lipinski definition) is 2. The number of phenols is 1. The Bertz CT molecular complexity index is 775. The standard InChI is InChI=1S/C19H22N2O5/c1-5-15(12-6-8-14(22)9-7-12)20-21-19(23)13-10-16(24-2)18(26-4)17(11-13)25-3/h6-11,22H,5H2,1-4H3,(H,21,23). The van der Waals surface area contributed by atoms with E-state index in [-0.39, 0.29) is 5.75 Å². The Balaban J connectivity index is 2.27. The second-order valence-electron chi connectivity index (χ2n) is 5.31. The van der Waals surface area contributed by atoms with Crippen LogP contribution in [0.2, 0.25) is 0 Å². The number of amides is 1. The number of carbonyl (C=O) groups is 1. The van der Waals surface area contributed by atoms with Crippen molar-refractivity contribution in [2.24, 2.45) is 5.10 Å². The third-order valence-corrected chi connectivity index (χ3v) is 3.75. The van der Waals surface area contributed by atoms with E-state index in [1.165, 1.54) is 21.3 Å². The van der Waals surface area contributed by atoms with E-state index in [9.17, 15) is 9.90 Å². The van der Waals surface area contributed by atoms with Crippen molar-refractivity contribution in [1.29, 1.82) is 0 Å². The molecule has 0 fully saturated rings. The molecule has 0 aliphatic heterocycles. The predicted molar refractivity (Wildman–Crippen MR) is 98.5 cm³/mol. The number of nitrogens with one attached hydrogen (secondary N) is 1. The topological polar surface area (TPSA) is 89.4 Å². The molecule has 0 aromatic heterocycles. The van der Waals surface area contributed by atoms with Crippen LogP contribution < -0.4 is 19.6 Å². The van der Waals surface area contributed by atoms with Crippen molar-refractivity contribution in [3.8, 4) is 23.0 Å². The Labute approximate surface area is 152 Å². The maximum absolute atomic E-state index is 12.5. The normalized spacial score (nSPS) is 11.0. The molecule has 0 atom stereocenters. The van der Waals surface area contributed by atoms with Crippen LogP contribution in [0.3, 0.4) is 0 Å². The van der Waals surface area contributed by atoms with Gasteiger partial charge in [-0.1, -0.05) is 6.92 Å². The van der Waals surface area contributed by atoms with Gasteiger partial charge in [0.05, 0.1) is 27.0 Å². The van der Waals surface area contributed by atoms with Crippen molar-refractivity contribution in [1.82, 2.24) is 5.43 Å². The minimum absolute atomic E-state index is 0.172. The molecule has 2 aromatic rings. The Morgan fingerprint density at radius 1 is 1.00 bits per heavy atom. The first-order valence-corrected chi connectivity index (χ1v) is 8.00. The summed E-state index contributed by atoms with van der Waals surface area (Å²) in [7, 11) is 4.46. The van der Waals surface area contributed by atoms with Crippen molar-refractivity contribution >= 4 is 11.6 Å². The fourth-order valence-corrected chi connectivity index (χ4v) is 2.40.